The van der Waals surface area contributed by atoms with Crippen molar-refractivity contribution in [2.24, 2.45) is 5.92 Å². The smallest absolute Gasteiger partial charge is 0.314 e. The van der Waals surface area contributed by atoms with Gasteiger partial charge < -0.3 is 14.2 Å². The summed E-state index contributed by atoms with van der Waals surface area (Å²) in [5.74, 6) is 1.32. The Morgan fingerprint density at radius 3 is 2.24 bits per heavy atom. The second-order valence-electron chi connectivity index (χ2n) is 7.09. The van der Waals surface area contributed by atoms with E-state index in [1.807, 2.05) is 12.1 Å². The first-order valence-electron chi connectivity index (χ1n) is 9.87. The van der Waals surface area contributed by atoms with Crippen LogP contribution in [0, 0.1) is 5.92 Å². The monoisotopic (exact) mass is 394 g/mol. The van der Waals surface area contributed by atoms with Crippen LogP contribution in [0.25, 0.3) is 6.08 Å². The van der Waals surface area contributed by atoms with Gasteiger partial charge in [-0.25, -0.2) is 0 Å². The molecule has 3 rings (SSSR count). The Hall–Kier alpha value is -3.08. The second kappa shape index (κ2) is 9.92. The molecule has 0 amide bonds. The van der Waals surface area contributed by atoms with Gasteiger partial charge in [-0.2, -0.15) is 0 Å². The van der Waals surface area contributed by atoms with Gasteiger partial charge in [0.05, 0.1) is 25.7 Å². The summed E-state index contributed by atoms with van der Waals surface area (Å²) in [5, 5.41) is 0. The van der Waals surface area contributed by atoms with Gasteiger partial charge in [-0.05, 0) is 48.7 Å². The molecule has 0 unspecified atom stereocenters. The van der Waals surface area contributed by atoms with Crippen molar-refractivity contribution in [1.29, 1.82) is 0 Å². The number of benzene rings is 2. The molecule has 152 valence electrons. The van der Waals surface area contributed by atoms with E-state index in [9.17, 15) is 9.59 Å². The van der Waals surface area contributed by atoms with Gasteiger partial charge >= 0.3 is 5.97 Å². The third-order valence-corrected chi connectivity index (χ3v) is 5.14. The lowest BCUT2D eigenvalue weighted by atomic mass is 9.89. The van der Waals surface area contributed by atoms with Crippen LogP contribution >= 0.6 is 0 Å². The van der Waals surface area contributed by atoms with Crippen molar-refractivity contribution < 1.29 is 23.8 Å². The minimum atomic E-state index is -0.169. The Balaban J connectivity index is 1.62. The molecule has 0 spiro atoms. The van der Waals surface area contributed by atoms with Crippen molar-refractivity contribution in [1.82, 2.24) is 0 Å². The summed E-state index contributed by atoms with van der Waals surface area (Å²) in [5.41, 5.74) is 1.30. The standard InChI is InChI=1S/C24H26O5/c1-27-20-13-14-21(23(16-20)28-2)22(25)15-10-17-8-11-19(12-9-17)29-24(26)18-6-4-3-5-7-18/h8-16,18H,3-7H2,1-2H3/b15-10+. The van der Waals surface area contributed by atoms with Gasteiger partial charge in [0.25, 0.3) is 0 Å². The van der Waals surface area contributed by atoms with Crippen LogP contribution < -0.4 is 14.2 Å². The molecule has 1 saturated carbocycles. The third kappa shape index (κ3) is 5.47. The first kappa shape index (κ1) is 20.6. The quantitative estimate of drug-likeness (QED) is 0.283. The molecular weight excluding hydrogens is 368 g/mol. The van der Waals surface area contributed by atoms with Crippen LogP contribution in [-0.2, 0) is 4.79 Å². The number of methoxy groups -OCH3 is 2. The average molecular weight is 394 g/mol. The summed E-state index contributed by atoms with van der Waals surface area (Å²) >= 11 is 0. The lowest BCUT2D eigenvalue weighted by Crippen LogP contribution is -2.22. The maximum atomic E-state index is 12.5. The first-order chi connectivity index (χ1) is 14.1. The number of hydrogen-bond acceptors (Lipinski definition) is 5. The third-order valence-electron chi connectivity index (χ3n) is 5.14. The molecule has 1 aliphatic carbocycles. The number of carbonyl (C=O) groups is 2. The summed E-state index contributed by atoms with van der Waals surface area (Å²) in [6.45, 7) is 0. The molecule has 0 aromatic heterocycles. The zero-order valence-corrected chi connectivity index (χ0v) is 16.9. The normalized spacial score (nSPS) is 14.6. The minimum absolute atomic E-state index is 0.0143. The highest BCUT2D eigenvalue weighted by molar-refractivity contribution is 6.08. The molecule has 5 nitrogen and oxygen atoms in total. The number of carbonyl (C=O) groups excluding carboxylic acids is 2. The predicted octanol–water partition coefficient (Wildman–Crippen LogP) is 5.09. The van der Waals surface area contributed by atoms with Crippen molar-refractivity contribution in [3.8, 4) is 17.2 Å². The predicted molar refractivity (Wildman–Crippen MR) is 112 cm³/mol. The number of allylic oxidation sites excluding steroid dienone is 1. The highest BCUT2D eigenvalue weighted by atomic mass is 16.5. The average Bonchev–Trinajstić information content (AvgIpc) is 2.78. The lowest BCUT2D eigenvalue weighted by molar-refractivity contribution is -0.139. The Morgan fingerprint density at radius 1 is 0.897 bits per heavy atom. The Bertz CT molecular complexity index is 877. The van der Waals surface area contributed by atoms with Crippen molar-refractivity contribution in [3.05, 3.63) is 59.7 Å². The van der Waals surface area contributed by atoms with Gasteiger partial charge in [0.1, 0.15) is 17.2 Å². The zero-order valence-electron chi connectivity index (χ0n) is 16.9. The van der Waals surface area contributed by atoms with Crippen molar-refractivity contribution >= 4 is 17.8 Å². The van der Waals surface area contributed by atoms with Gasteiger partial charge in [-0.3, -0.25) is 9.59 Å². The molecule has 1 fully saturated rings. The fourth-order valence-corrected chi connectivity index (χ4v) is 3.45. The van der Waals surface area contributed by atoms with Crippen LogP contribution in [0.15, 0.2) is 48.5 Å². The van der Waals surface area contributed by atoms with Crippen LogP contribution in [0.5, 0.6) is 17.2 Å². The first-order valence-corrected chi connectivity index (χ1v) is 9.87. The molecule has 0 bridgehead atoms. The molecule has 0 saturated heterocycles. The van der Waals surface area contributed by atoms with Gasteiger partial charge in [0.15, 0.2) is 5.78 Å². The van der Waals surface area contributed by atoms with Crippen LogP contribution in [0.4, 0.5) is 0 Å². The fourth-order valence-electron chi connectivity index (χ4n) is 3.45. The van der Waals surface area contributed by atoms with Crippen LogP contribution in [0.2, 0.25) is 0 Å². The minimum Gasteiger partial charge on any atom is -0.497 e. The molecule has 0 N–H and O–H groups in total. The van der Waals surface area contributed by atoms with Crippen molar-refractivity contribution in [2.75, 3.05) is 14.2 Å². The number of esters is 1. The number of ether oxygens (including phenoxy) is 3. The summed E-state index contributed by atoms with van der Waals surface area (Å²) in [6.07, 6.45) is 8.43. The number of ketones is 1. The Morgan fingerprint density at radius 2 is 1.59 bits per heavy atom. The Kier molecular flexibility index (Phi) is 7.06. The molecule has 0 heterocycles. The highest BCUT2D eigenvalue weighted by Gasteiger charge is 2.22. The SMILES string of the molecule is COc1ccc(C(=O)/C=C/c2ccc(OC(=O)C3CCCCC3)cc2)c(OC)c1. The topological polar surface area (TPSA) is 61.8 Å². The molecular formula is C24H26O5. The molecule has 1 aliphatic rings. The van der Waals surface area contributed by atoms with E-state index in [-0.39, 0.29) is 17.7 Å². The molecule has 0 atom stereocenters. The van der Waals surface area contributed by atoms with Crippen molar-refractivity contribution in [3.63, 3.8) is 0 Å². The van der Waals surface area contributed by atoms with Gasteiger partial charge in [0, 0.05) is 6.07 Å². The lowest BCUT2D eigenvalue weighted by Gasteiger charge is -2.19. The van der Waals surface area contributed by atoms with Gasteiger partial charge in [-0.1, -0.05) is 37.5 Å². The van der Waals surface area contributed by atoms with Crippen LogP contribution in [0.3, 0.4) is 0 Å². The van der Waals surface area contributed by atoms with E-state index < -0.39 is 0 Å². The summed E-state index contributed by atoms with van der Waals surface area (Å²) in [4.78, 5) is 24.7. The molecule has 0 aliphatic heterocycles. The fraction of sp³-hybridized carbons (Fsp3) is 0.333. The largest absolute Gasteiger partial charge is 0.497 e. The van der Waals surface area contributed by atoms with E-state index in [0.717, 1.165) is 31.2 Å². The summed E-state index contributed by atoms with van der Waals surface area (Å²) in [6, 6.07) is 12.2. The van der Waals surface area contributed by atoms with E-state index >= 15 is 0 Å². The molecule has 29 heavy (non-hydrogen) atoms. The molecule has 2 aromatic rings. The van der Waals surface area contributed by atoms with E-state index in [2.05, 4.69) is 0 Å². The van der Waals surface area contributed by atoms with E-state index in [1.165, 1.54) is 19.6 Å². The van der Waals surface area contributed by atoms with Gasteiger partial charge in [-0.15, -0.1) is 0 Å². The maximum Gasteiger partial charge on any atom is 0.314 e. The van der Waals surface area contributed by atoms with Crippen molar-refractivity contribution in [2.45, 2.75) is 32.1 Å². The summed E-state index contributed by atoms with van der Waals surface area (Å²) in [7, 11) is 3.08. The van der Waals surface area contributed by atoms with E-state index in [4.69, 9.17) is 14.2 Å². The highest BCUT2D eigenvalue weighted by Crippen LogP contribution is 2.27. The van der Waals surface area contributed by atoms with Gasteiger partial charge in [0.2, 0.25) is 0 Å². The van der Waals surface area contributed by atoms with Crippen LogP contribution in [-0.4, -0.2) is 26.0 Å². The summed E-state index contributed by atoms with van der Waals surface area (Å²) < 4.78 is 15.9. The van der Waals surface area contributed by atoms with Crippen LogP contribution in [0.1, 0.15) is 48.0 Å². The second-order valence-corrected chi connectivity index (χ2v) is 7.09. The zero-order chi connectivity index (χ0) is 20.6. The molecule has 5 heteroatoms. The maximum absolute atomic E-state index is 12.5. The number of rotatable bonds is 7. The molecule has 2 aromatic carbocycles. The van der Waals surface area contributed by atoms with E-state index in [0.29, 0.717) is 22.8 Å². The Labute approximate surface area is 171 Å². The molecule has 0 radical (unpaired) electrons. The van der Waals surface area contributed by atoms with E-state index in [1.54, 1.807) is 43.5 Å². The number of hydrogen-bond donors (Lipinski definition) is 0.